The zero-order valence-corrected chi connectivity index (χ0v) is 14.4. The molecule has 1 saturated carbocycles. The molecular weight excluding hydrogens is 316 g/mol. The van der Waals surface area contributed by atoms with Crippen LogP contribution in [0.1, 0.15) is 49.1 Å². The topological polar surface area (TPSA) is 71.5 Å². The summed E-state index contributed by atoms with van der Waals surface area (Å²) in [6, 6.07) is 12.5. The van der Waals surface area contributed by atoms with E-state index >= 15 is 0 Å². The lowest BCUT2D eigenvalue weighted by molar-refractivity contribution is -0.130. The van der Waals surface area contributed by atoms with Gasteiger partial charge in [0.05, 0.1) is 18.8 Å². The fourth-order valence-corrected chi connectivity index (χ4v) is 3.48. The lowest BCUT2D eigenvalue weighted by Gasteiger charge is -2.25. The number of amides is 1. The molecule has 2 aromatic rings. The summed E-state index contributed by atoms with van der Waals surface area (Å²) in [4.78, 5) is 17.1. The van der Waals surface area contributed by atoms with Crippen molar-refractivity contribution in [1.82, 2.24) is 10.3 Å². The van der Waals surface area contributed by atoms with Gasteiger partial charge in [-0.1, -0.05) is 31.0 Å². The molecule has 0 bridgehead atoms. The number of benzene rings is 1. The quantitative estimate of drug-likeness (QED) is 0.847. The van der Waals surface area contributed by atoms with Gasteiger partial charge in [-0.05, 0) is 48.6 Å². The first-order chi connectivity index (χ1) is 12.2. The molecule has 0 saturated heterocycles. The van der Waals surface area contributed by atoms with Gasteiger partial charge in [0.25, 0.3) is 5.91 Å². The van der Waals surface area contributed by atoms with Crippen molar-refractivity contribution < 1.29 is 14.6 Å². The van der Waals surface area contributed by atoms with Gasteiger partial charge >= 0.3 is 0 Å². The number of aromatic nitrogens is 1. The van der Waals surface area contributed by atoms with Crippen LogP contribution in [-0.2, 0) is 4.79 Å². The Morgan fingerprint density at radius 2 is 2.04 bits per heavy atom. The first kappa shape index (κ1) is 17.4. The monoisotopic (exact) mass is 340 g/mol. The Labute approximate surface area is 148 Å². The number of pyridine rings is 1. The molecule has 1 aliphatic rings. The van der Waals surface area contributed by atoms with Gasteiger partial charge in [0, 0.05) is 6.20 Å². The smallest absolute Gasteiger partial charge is 0.254 e. The molecule has 0 radical (unpaired) electrons. The lowest BCUT2D eigenvalue weighted by atomic mass is 9.94. The Bertz CT molecular complexity index is 699. The summed E-state index contributed by atoms with van der Waals surface area (Å²) < 4.78 is 5.16. The average molecular weight is 340 g/mol. The van der Waals surface area contributed by atoms with E-state index in [1.165, 1.54) is 12.8 Å². The summed E-state index contributed by atoms with van der Waals surface area (Å²) >= 11 is 0. The normalized spacial score (nSPS) is 17.0. The Morgan fingerprint density at radius 1 is 1.24 bits per heavy atom. The fraction of sp³-hybridized carbons (Fsp3) is 0.400. The van der Waals surface area contributed by atoms with Crippen LogP contribution in [0.2, 0.25) is 0 Å². The van der Waals surface area contributed by atoms with Crippen molar-refractivity contribution in [2.24, 2.45) is 5.92 Å². The van der Waals surface area contributed by atoms with E-state index < -0.39 is 12.0 Å². The Balaban J connectivity index is 1.77. The van der Waals surface area contributed by atoms with Crippen LogP contribution in [0, 0.1) is 5.92 Å². The molecule has 2 N–H and O–H groups in total. The zero-order valence-electron chi connectivity index (χ0n) is 14.4. The number of hydrogen-bond acceptors (Lipinski definition) is 4. The molecule has 1 fully saturated rings. The number of nitrogens with zero attached hydrogens (tertiary/aromatic N) is 1. The maximum absolute atomic E-state index is 12.7. The molecule has 2 atom stereocenters. The number of aliphatic hydroxyl groups excluding tert-OH is 1. The van der Waals surface area contributed by atoms with Crippen LogP contribution in [0.5, 0.6) is 5.75 Å². The molecule has 1 amide bonds. The van der Waals surface area contributed by atoms with Crippen molar-refractivity contribution in [2.75, 3.05) is 7.11 Å². The third kappa shape index (κ3) is 4.17. The van der Waals surface area contributed by atoms with Crippen molar-refractivity contribution in [3.05, 3.63) is 59.9 Å². The van der Waals surface area contributed by atoms with Gasteiger partial charge in [-0.15, -0.1) is 0 Å². The molecule has 25 heavy (non-hydrogen) atoms. The summed E-state index contributed by atoms with van der Waals surface area (Å²) in [7, 11) is 1.56. The summed E-state index contributed by atoms with van der Waals surface area (Å²) in [5.41, 5.74) is 1.36. The predicted octanol–water partition coefficient (Wildman–Crippen LogP) is 3.17. The number of carbonyl (C=O) groups excluding carboxylic acids is 1. The number of hydrogen-bond donors (Lipinski definition) is 2. The molecule has 0 spiro atoms. The van der Waals surface area contributed by atoms with Crippen molar-refractivity contribution in [3.8, 4) is 5.75 Å². The summed E-state index contributed by atoms with van der Waals surface area (Å²) in [6.07, 6.45) is 4.97. The van der Waals surface area contributed by atoms with Gasteiger partial charge in [-0.2, -0.15) is 0 Å². The minimum atomic E-state index is -1.23. The molecule has 1 aromatic heterocycles. The SMILES string of the molecule is COc1cccc([C@H](O)C(=O)N[C@H](c2ccccn2)C2CCCC2)c1. The minimum Gasteiger partial charge on any atom is -0.497 e. The highest BCUT2D eigenvalue weighted by atomic mass is 16.5. The second kappa shape index (κ2) is 8.12. The van der Waals surface area contributed by atoms with E-state index in [2.05, 4.69) is 10.3 Å². The van der Waals surface area contributed by atoms with E-state index in [9.17, 15) is 9.90 Å². The van der Waals surface area contributed by atoms with Gasteiger partial charge in [0.15, 0.2) is 6.10 Å². The second-order valence-electron chi connectivity index (χ2n) is 6.46. The number of rotatable bonds is 6. The zero-order chi connectivity index (χ0) is 17.6. The van der Waals surface area contributed by atoms with Crippen LogP contribution < -0.4 is 10.1 Å². The summed E-state index contributed by atoms with van der Waals surface area (Å²) in [6.45, 7) is 0. The van der Waals surface area contributed by atoms with Crippen LogP contribution in [0.3, 0.4) is 0 Å². The molecule has 1 aliphatic carbocycles. The van der Waals surface area contributed by atoms with Crippen LogP contribution in [0.25, 0.3) is 0 Å². The maximum atomic E-state index is 12.7. The molecule has 0 aliphatic heterocycles. The van der Waals surface area contributed by atoms with Gasteiger partial charge in [0.2, 0.25) is 0 Å². The fourth-order valence-electron chi connectivity index (χ4n) is 3.48. The van der Waals surface area contributed by atoms with E-state index in [0.29, 0.717) is 17.2 Å². The predicted molar refractivity (Wildman–Crippen MR) is 95.0 cm³/mol. The molecule has 1 heterocycles. The second-order valence-corrected chi connectivity index (χ2v) is 6.46. The van der Waals surface area contributed by atoms with Crippen molar-refractivity contribution in [2.45, 2.75) is 37.8 Å². The number of ether oxygens (including phenoxy) is 1. The lowest BCUT2D eigenvalue weighted by Crippen LogP contribution is -2.36. The molecular formula is C20H24N2O3. The molecule has 0 unspecified atom stereocenters. The highest BCUT2D eigenvalue weighted by molar-refractivity contribution is 5.82. The van der Waals surface area contributed by atoms with Crippen LogP contribution in [0.15, 0.2) is 48.7 Å². The van der Waals surface area contributed by atoms with E-state index in [1.807, 2.05) is 18.2 Å². The number of methoxy groups -OCH3 is 1. The minimum absolute atomic E-state index is 0.170. The van der Waals surface area contributed by atoms with Gasteiger partial charge < -0.3 is 15.2 Å². The average Bonchev–Trinajstić information content (AvgIpc) is 3.20. The molecule has 1 aromatic carbocycles. The van der Waals surface area contributed by atoms with E-state index in [4.69, 9.17) is 4.74 Å². The Hall–Kier alpha value is -2.40. The summed E-state index contributed by atoms with van der Waals surface area (Å²) in [5, 5.41) is 13.5. The summed E-state index contributed by atoms with van der Waals surface area (Å²) in [5.74, 6) is 0.564. The highest BCUT2D eigenvalue weighted by Gasteiger charge is 2.30. The van der Waals surface area contributed by atoms with Crippen molar-refractivity contribution in [1.29, 1.82) is 0 Å². The van der Waals surface area contributed by atoms with Gasteiger partial charge in [-0.25, -0.2) is 0 Å². The van der Waals surface area contributed by atoms with Gasteiger partial charge in [0.1, 0.15) is 5.75 Å². The number of aliphatic hydroxyl groups is 1. The van der Waals surface area contributed by atoms with Crippen LogP contribution in [-0.4, -0.2) is 23.1 Å². The van der Waals surface area contributed by atoms with E-state index in [-0.39, 0.29) is 6.04 Å². The van der Waals surface area contributed by atoms with E-state index in [1.54, 1.807) is 37.6 Å². The van der Waals surface area contributed by atoms with Crippen molar-refractivity contribution >= 4 is 5.91 Å². The molecule has 5 heteroatoms. The standard InChI is InChI=1S/C20H24N2O3/c1-25-16-10-6-9-15(13-16)19(23)20(24)22-18(14-7-2-3-8-14)17-11-4-5-12-21-17/h4-6,9-14,18-19,23H,2-3,7-8H2,1H3,(H,22,24)/t18-,19-/m0/s1. The van der Waals surface area contributed by atoms with Crippen LogP contribution in [0.4, 0.5) is 0 Å². The molecule has 3 rings (SSSR count). The Morgan fingerprint density at radius 3 is 2.72 bits per heavy atom. The van der Waals surface area contributed by atoms with E-state index in [0.717, 1.165) is 18.5 Å². The highest BCUT2D eigenvalue weighted by Crippen LogP contribution is 2.35. The number of nitrogens with one attached hydrogen (secondary N) is 1. The van der Waals surface area contributed by atoms with Gasteiger partial charge in [-0.3, -0.25) is 9.78 Å². The van der Waals surface area contributed by atoms with Crippen molar-refractivity contribution in [3.63, 3.8) is 0 Å². The first-order valence-electron chi connectivity index (χ1n) is 8.72. The third-order valence-electron chi connectivity index (χ3n) is 4.83. The first-order valence-corrected chi connectivity index (χ1v) is 8.72. The Kier molecular flexibility index (Phi) is 5.66. The molecule has 132 valence electrons. The number of carbonyl (C=O) groups is 1. The largest absolute Gasteiger partial charge is 0.497 e. The van der Waals surface area contributed by atoms with Crippen LogP contribution >= 0.6 is 0 Å². The molecule has 5 nitrogen and oxygen atoms in total. The maximum Gasteiger partial charge on any atom is 0.254 e. The third-order valence-corrected chi connectivity index (χ3v) is 4.83.